The minimum atomic E-state index is -5.40. The van der Waals surface area contributed by atoms with Crippen molar-refractivity contribution < 1.29 is 45.3 Å². The van der Waals surface area contributed by atoms with E-state index in [4.69, 9.17) is 0 Å². The number of hydrogen-bond acceptors (Lipinski definition) is 5. The first kappa shape index (κ1) is 17.9. The highest BCUT2D eigenvalue weighted by molar-refractivity contribution is 5.73. The molecule has 0 aromatic carbocycles. The Bertz CT molecular complexity index is 555. The normalized spacial score (nSPS) is 12.0. The fourth-order valence-electron chi connectivity index (χ4n) is 1.43. The average molecular weight is 333 g/mol. The minimum absolute atomic E-state index is 0.238. The second kappa shape index (κ2) is 6.28. The zero-order valence-corrected chi connectivity index (χ0v) is 11.1. The van der Waals surface area contributed by atoms with Crippen LogP contribution in [0.3, 0.4) is 0 Å². The Morgan fingerprint density at radius 2 is 1.77 bits per heavy atom. The minimum Gasteiger partial charge on any atom is -0.481 e. The molecule has 1 heterocycles. The van der Waals surface area contributed by atoms with Crippen molar-refractivity contribution in [1.82, 2.24) is 4.98 Å². The van der Waals surface area contributed by atoms with Crippen LogP contribution < -0.4 is 9.47 Å². The predicted molar refractivity (Wildman–Crippen MR) is 58.2 cm³/mol. The molecule has 5 nitrogen and oxygen atoms in total. The summed E-state index contributed by atoms with van der Waals surface area (Å²) in [6.45, 7) is 0. The smallest absolute Gasteiger partial charge is 0.481 e. The topological polar surface area (TPSA) is 57.7 Å². The average Bonchev–Trinajstić information content (AvgIpc) is 2.37. The molecule has 0 atom stereocenters. The van der Waals surface area contributed by atoms with Crippen LogP contribution in [0.15, 0.2) is 6.07 Å². The maximum Gasteiger partial charge on any atom is 0.573 e. The van der Waals surface area contributed by atoms with Crippen molar-refractivity contribution in [3.63, 3.8) is 0 Å². The van der Waals surface area contributed by atoms with Gasteiger partial charge in [-0.15, -0.1) is 13.2 Å². The molecule has 1 aromatic rings. The van der Waals surface area contributed by atoms with E-state index in [0.717, 1.165) is 14.2 Å². The highest BCUT2D eigenvalue weighted by Crippen LogP contribution is 2.41. The third kappa shape index (κ3) is 4.67. The van der Waals surface area contributed by atoms with Gasteiger partial charge < -0.3 is 14.2 Å². The van der Waals surface area contributed by atoms with E-state index >= 15 is 0 Å². The second-order valence-electron chi connectivity index (χ2n) is 3.79. The molecule has 0 aliphatic carbocycles. The molecule has 0 saturated heterocycles. The summed E-state index contributed by atoms with van der Waals surface area (Å²) in [5.74, 6) is -3.34. The number of alkyl halides is 6. The first-order chi connectivity index (χ1) is 9.97. The number of methoxy groups -OCH3 is 2. The Labute approximate surface area is 119 Å². The molecule has 0 aliphatic rings. The zero-order chi connectivity index (χ0) is 17.1. The highest BCUT2D eigenvalue weighted by atomic mass is 19.4. The SMILES string of the molecule is COC(=O)Cc1nc(OC)cc(C(F)(F)F)c1OC(F)(F)F. The maximum atomic E-state index is 12.9. The Balaban J connectivity index is 3.52. The van der Waals surface area contributed by atoms with E-state index in [1.54, 1.807) is 0 Å². The van der Waals surface area contributed by atoms with Gasteiger partial charge in [0, 0.05) is 6.07 Å². The van der Waals surface area contributed by atoms with Gasteiger partial charge in [0.15, 0.2) is 5.75 Å². The fourth-order valence-corrected chi connectivity index (χ4v) is 1.43. The van der Waals surface area contributed by atoms with Crippen LogP contribution in [-0.4, -0.2) is 31.5 Å². The van der Waals surface area contributed by atoms with Crippen molar-refractivity contribution in [2.75, 3.05) is 14.2 Å². The van der Waals surface area contributed by atoms with Gasteiger partial charge in [0.1, 0.15) is 5.56 Å². The lowest BCUT2D eigenvalue weighted by atomic mass is 10.1. The van der Waals surface area contributed by atoms with E-state index in [-0.39, 0.29) is 6.07 Å². The molecular formula is C11H9F6NO4. The van der Waals surface area contributed by atoms with Crippen molar-refractivity contribution in [1.29, 1.82) is 0 Å². The van der Waals surface area contributed by atoms with Crippen molar-refractivity contribution >= 4 is 5.97 Å². The maximum absolute atomic E-state index is 12.9. The first-order valence-electron chi connectivity index (χ1n) is 5.45. The largest absolute Gasteiger partial charge is 0.573 e. The molecule has 1 aromatic heterocycles. The van der Waals surface area contributed by atoms with Crippen LogP contribution in [0.5, 0.6) is 11.6 Å². The lowest BCUT2D eigenvalue weighted by molar-refractivity contribution is -0.276. The molecule has 1 rings (SSSR count). The van der Waals surface area contributed by atoms with Crippen molar-refractivity contribution in [3.05, 3.63) is 17.3 Å². The van der Waals surface area contributed by atoms with Gasteiger partial charge in [-0.3, -0.25) is 4.79 Å². The van der Waals surface area contributed by atoms with Crippen LogP contribution >= 0.6 is 0 Å². The molecule has 0 bridgehead atoms. The number of halogens is 6. The molecule has 0 fully saturated rings. The Morgan fingerprint density at radius 1 is 1.18 bits per heavy atom. The molecule has 11 heteroatoms. The van der Waals surface area contributed by atoms with Gasteiger partial charge >= 0.3 is 18.5 Å². The lowest BCUT2D eigenvalue weighted by Crippen LogP contribution is -2.23. The number of carbonyl (C=O) groups excluding carboxylic acids is 1. The third-order valence-electron chi connectivity index (χ3n) is 2.29. The molecule has 0 aliphatic heterocycles. The summed E-state index contributed by atoms with van der Waals surface area (Å²) >= 11 is 0. The van der Waals surface area contributed by atoms with Crippen LogP contribution in [0.4, 0.5) is 26.3 Å². The summed E-state index contributed by atoms with van der Waals surface area (Å²) in [5.41, 5.74) is -2.67. The van der Waals surface area contributed by atoms with Crippen molar-refractivity contribution in [2.24, 2.45) is 0 Å². The van der Waals surface area contributed by atoms with Gasteiger partial charge in [-0.1, -0.05) is 0 Å². The van der Waals surface area contributed by atoms with Crippen LogP contribution in [0.2, 0.25) is 0 Å². The van der Waals surface area contributed by atoms with Crippen LogP contribution in [-0.2, 0) is 22.1 Å². The molecule has 0 radical (unpaired) electrons. The summed E-state index contributed by atoms with van der Waals surface area (Å²) < 4.78 is 87.7. The second-order valence-corrected chi connectivity index (χ2v) is 3.79. The van der Waals surface area contributed by atoms with Gasteiger partial charge in [-0.25, -0.2) is 4.98 Å². The van der Waals surface area contributed by atoms with Gasteiger partial charge in [0.2, 0.25) is 5.88 Å². The number of carbonyl (C=O) groups is 1. The molecule has 0 unspecified atom stereocenters. The van der Waals surface area contributed by atoms with E-state index in [0.29, 0.717) is 0 Å². The van der Waals surface area contributed by atoms with E-state index < -0.39 is 47.8 Å². The first-order valence-corrected chi connectivity index (χ1v) is 5.45. The monoisotopic (exact) mass is 333 g/mol. The zero-order valence-electron chi connectivity index (χ0n) is 11.1. The number of esters is 1. The number of nitrogens with zero attached hydrogens (tertiary/aromatic N) is 1. The van der Waals surface area contributed by atoms with Gasteiger partial charge in [-0.05, 0) is 0 Å². The summed E-state index contributed by atoms with van der Waals surface area (Å²) in [6, 6.07) is 0.238. The number of pyridine rings is 1. The van der Waals surface area contributed by atoms with Gasteiger partial charge in [-0.2, -0.15) is 13.2 Å². The predicted octanol–water partition coefficient (Wildman–Crippen LogP) is 2.72. The van der Waals surface area contributed by atoms with Crippen LogP contribution in [0.25, 0.3) is 0 Å². The molecular weight excluding hydrogens is 324 g/mol. The Morgan fingerprint density at radius 3 is 2.18 bits per heavy atom. The fraction of sp³-hybridized carbons (Fsp3) is 0.455. The van der Waals surface area contributed by atoms with Gasteiger partial charge in [0.25, 0.3) is 0 Å². The Hall–Kier alpha value is -2.20. The van der Waals surface area contributed by atoms with Gasteiger partial charge in [0.05, 0.1) is 26.3 Å². The molecule has 0 amide bonds. The van der Waals surface area contributed by atoms with E-state index in [1.165, 1.54) is 0 Å². The standard InChI is InChI=1S/C11H9F6NO4/c1-20-7-3-5(10(12,13)14)9(22-11(15,16)17)6(18-7)4-8(19)21-2/h3H,4H2,1-2H3. The summed E-state index contributed by atoms with van der Waals surface area (Å²) in [6.07, 6.45) is -11.5. The molecule has 124 valence electrons. The van der Waals surface area contributed by atoms with E-state index in [9.17, 15) is 31.1 Å². The highest BCUT2D eigenvalue weighted by Gasteiger charge is 2.42. The molecule has 0 saturated carbocycles. The summed E-state index contributed by atoms with van der Waals surface area (Å²) in [5, 5.41) is 0. The summed E-state index contributed by atoms with van der Waals surface area (Å²) in [7, 11) is 1.88. The third-order valence-corrected chi connectivity index (χ3v) is 2.29. The summed E-state index contributed by atoms with van der Waals surface area (Å²) in [4.78, 5) is 14.5. The number of ether oxygens (including phenoxy) is 3. The lowest BCUT2D eigenvalue weighted by Gasteiger charge is -2.18. The van der Waals surface area contributed by atoms with Crippen LogP contribution in [0, 0.1) is 0 Å². The number of hydrogen-bond donors (Lipinski definition) is 0. The quantitative estimate of drug-likeness (QED) is 0.626. The number of rotatable bonds is 4. The van der Waals surface area contributed by atoms with E-state index in [1.807, 2.05) is 0 Å². The molecule has 22 heavy (non-hydrogen) atoms. The van der Waals surface area contributed by atoms with Crippen LogP contribution in [0.1, 0.15) is 11.3 Å². The molecule has 0 spiro atoms. The van der Waals surface area contributed by atoms with Crippen molar-refractivity contribution in [2.45, 2.75) is 19.0 Å². The van der Waals surface area contributed by atoms with E-state index in [2.05, 4.69) is 19.2 Å². The Kier molecular flexibility index (Phi) is 5.09. The number of aromatic nitrogens is 1. The molecule has 0 N–H and O–H groups in total. The van der Waals surface area contributed by atoms with Crippen molar-refractivity contribution in [3.8, 4) is 11.6 Å².